The molecule has 0 aliphatic heterocycles. The van der Waals surface area contributed by atoms with Gasteiger partial charge >= 0.3 is 0 Å². The molecule has 1 aliphatic carbocycles. The van der Waals surface area contributed by atoms with Gasteiger partial charge in [0.15, 0.2) is 0 Å². The van der Waals surface area contributed by atoms with Crippen LogP contribution in [0.5, 0.6) is 0 Å². The van der Waals surface area contributed by atoms with Crippen molar-refractivity contribution in [3.63, 3.8) is 0 Å². The number of benzene rings is 3. The van der Waals surface area contributed by atoms with Gasteiger partial charge in [-0.2, -0.15) is 0 Å². The summed E-state index contributed by atoms with van der Waals surface area (Å²) in [6.45, 7) is 7.30. The smallest absolute Gasteiger partial charge is 0.264 e. The second kappa shape index (κ2) is 14.4. The molecule has 0 spiro atoms. The van der Waals surface area contributed by atoms with Gasteiger partial charge in [0.1, 0.15) is 12.6 Å². The molecule has 9 heteroatoms. The summed E-state index contributed by atoms with van der Waals surface area (Å²) in [6, 6.07) is 18.4. The van der Waals surface area contributed by atoms with E-state index >= 15 is 0 Å². The minimum atomic E-state index is -4.12. The fraction of sp³-hybridized carbons (Fsp3) is 0.412. The lowest BCUT2D eigenvalue weighted by atomic mass is 9.95. The van der Waals surface area contributed by atoms with Gasteiger partial charge < -0.3 is 10.2 Å². The second-order valence-corrected chi connectivity index (χ2v) is 13.8. The van der Waals surface area contributed by atoms with Crippen molar-refractivity contribution in [2.75, 3.05) is 10.8 Å². The highest BCUT2D eigenvalue weighted by atomic mass is 35.5. The van der Waals surface area contributed by atoms with Gasteiger partial charge in [0.25, 0.3) is 10.0 Å². The number of nitrogens with zero attached hydrogens (tertiary/aromatic N) is 2. The van der Waals surface area contributed by atoms with E-state index in [0.29, 0.717) is 17.1 Å². The molecular weight excluding hydrogens is 582 g/mol. The molecule has 0 bridgehead atoms. The van der Waals surface area contributed by atoms with Crippen molar-refractivity contribution in [2.45, 2.75) is 89.7 Å². The van der Waals surface area contributed by atoms with Crippen LogP contribution in [-0.2, 0) is 26.2 Å². The Hall–Kier alpha value is -3.36. The normalized spacial score (nSPS) is 14.6. The Morgan fingerprint density at radius 3 is 2.16 bits per heavy atom. The van der Waals surface area contributed by atoms with Crippen LogP contribution >= 0.6 is 11.6 Å². The molecule has 1 saturated carbocycles. The van der Waals surface area contributed by atoms with E-state index in [4.69, 9.17) is 11.6 Å². The number of rotatable bonds is 11. The van der Waals surface area contributed by atoms with Crippen molar-refractivity contribution in [1.29, 1.82) is 0 Å². The Balaban J connectivity index is 1.72. The van der Waals surface area contributed by atoms with Crippen molar-refractivity contribution in [1.82, 2.24) is 10.2 Å². The molecule has 43 heavy (non-hydrogen) atoms. The van der Waals surface area contributed by atoms with Crippen molar-refractivity contribution >= 4 is 39.1 Å². The molecule has 1 N–H and O–H groups in total. The van der Waals surface area contributed by atoms with Crippen LogP contribution in [0.1, 0.15) is 67.7 Å². The highest BCUT2D eigenvalue weighted by Crippen LogP contribution is 2.27. The summed E-state index contributed by atoms with van der Waals surface area (Å²) >= 11 is 6.12. The molecule has 2 amide bonds. The minimum absolute atomic E-state index is 0.0803. The van der Waals surface area contributed by atoms with Crippen LogP contribution in [0.4, 0.5) is 5.69 Å². The lowest BCUT2D eigenvalue weighted by Crippen LogP contribution is -2.54. The molecule has 4 rings (SSSR count). The Labute approximate surface area is 261 Å². The van der Waals surface area contributed by atoms with Crippen molar-refractivity contribution in [2.24, 2.45) is 0 Å². The molecule has 1 aliphatic rings. The van der Waals surface area contributed by atoms with Crippen LogP contribution in [0.15, 0.2) is 71.6 Å². The van der Waals surface area contributed by atoms with Gasteiger partial charge in [0.05, 0.1) is 10.6 Å². The number of aryl methyl sites for hydroxylation is 3. The Morgan fingerprint density at radius 1 is 0.907 bits per heavy atom. The number of halogens is 1. The SMILES string of the molecule is CC[C@H](C(=O)NC1CCCCC1)N(Cc1ccc(Cl)cc1)C(=O)CN(c1ccc(C)c(C)c1)S(=O)(=O)c1ccc(C)cc1. The van der Waals surface area contributed by atoms with Gasteiger partial charge in [-0.05, 0) is 93.1 Å². The van der Waals surface area contributed by atoms with Crippen molar-refractivity contribution in [3.8, 4) is 0 Å². The zero-order valence-electron chi connectivity index (χ0n) is 25.5. The Kier molecular flexibility index (Phi) is 10.9. The maximum absolute atomic E-state index is 14.3. The van der Waals surface area contributed by atoms with E-state index in [0.717, 1.165) is 58.7 Å². The molecule has 3 aromatic rings. The number of carbonyl (C=O) groups is 2. The third-order valence-corrected chi connectivity index (χ3v) is 10.3. The van der Waals surface area contributed by atoms with E-state index < -0.39 is 28.5 Å². The average Bonchev–Trinajstić information content (AvgIpc) is 2.99. The largest absolute Gasteiger partial charge is 0.352 e. The summed E-state index contributed by atoms with van der Waals surface area (Å²) in [5.74, 6) is -0.676. The average molecular weight is 624 g/mol. The molecule has 0 heterocycles. The topological polar surface area (TPSA) is 86.8 Å². The van der Waals surface area contributed by atoms with Crippen molar-refractivity contribution < 1.29 is 18.0 Å². The fourth-order valence-corrected chi connectivity index (χ4v) is 7.03. The summed E-state index contributed by atoms with van der Waals surface area (Å²) < 4.78 is 29.3. The summed E-state index contributed by atoms with van der Waals surface area (Å²) in [7, 11) is -4.12. The van der Waals surface area contributed by atoms with Crippen LogP contribution in [0.25, 0.3) is 0 Å². The van der Waals surface area contributed by atoms with Gasteiger partial charge in [0, 0.05) is 17.6 Å². The zero-order valence-corrected chi connectivity index (χ0v) is 27.0. The highest BCUT2D eigenvalue weighted by Gasteiger charge is 2.34. The predicted molar refractivity (Wildman–Crippen MR) is 173 cm³/mol. The Bertz CT molecular complexity index is 1520. The minimum Gasteiger partial charge on any atom is -0.352 e. The molecule has 0 aromatic heterocycles. The first kappa shape index (κ1) is 32.6. The van der Waals surface area contributed by atoms with Gasteiger partial charge in [-0.3, -0.25) is 13.9 Å². The van der Waals surface area contributed by atoms with E-state index in [1.165, 1.54) is 4.90 Å². The molecule has 0 radical (unpaired) electrons. The molecule has 7 nitrogen and oxygen atoms in total. The predicted octanol–water partition coefficient (Wildman–Crippen LogP) is 6.72. The van der Waals surface area contributed by atoms with E-state index in [1.54, 1.807) is 48.5 Å². The molecule has 230 valence electrons. The molecule has 1 atom stereocenters. The van der Waals surface area contributed by atoms with E-state index in [-0.39, 0.29) is 23.4 Å². The number of carbonyl (C=O) groups excluding carboxylic acids is 2. The van der Waals surface area contributed by atoms with Crippen LogP contribution in [-0.4, -0.2) is 43.8 Å². The quantitative estimate of drug-likeness (QED) is 0.257. The van der Waals surface area contributed by atoms with Crippen LogP contribution in [0.3, 0.4) is 0 Å². The zero-order chi connectivity index (χ0) is 31.1. The molecule has 1 fully saturated rings. The second-order valence-electron chi connectivity index (χ2n) is 11.5. The van der Waals surface area contributed by atoms with Crippen molar-refractivity contribution in [3.05, 3.63) is 94.0 Å². The fourth-order valence-electron chi connectivity index (χ4n) is 5.50. The number of hydrogen-bond acceptors (Lipinski definition) is 4. The van der Waals surface area contributed by atoms with Gasteiger partial charge in [0.2, 0.25) is 11.8 Å². The first-order valence-corrected chi connectivity index (χ1v) is 16.8. The van der Waals surface area contributed by atoms with E-state index in [2.05, 4.69) is 5.32 Å². The maximum Gasteiger partial charge on any atom is 0.264 e. The summed E-state index contributed by atoms with van der Waals surface area (Å²) in [5.41, 5.74) is 4.03. The van der Waals surface area contributed by atoms with Gasteiger partial charge in [-0.1, -0.05) is 73.7 Å². The van der Waals surface area contributed by atoms with E-state index in [9.17, 15) is 18.0 Å². The standard InChI is InChI=1S/C34H42ClN3O4S/c1-5-32(34(40)36-29-9-7-6-8-10-29)37(22-27-14-16-28(35)17-15-27)33(39)23-38(30-18-13-25(3)26(4)21-30)43(41,42)31-19-11-24(2)12-20-31/h11-21,29,32H,5-10,22-23H2,1-4H3,(H,36,40)/t32-/m1/s1. The highest BCUT2D eigenvalue weighted by molar-refractivity contribution is 7.92. The number of nitrogens with one attached hydrogen (secondary N) is 1. The lowest BCUT2D eigenvalue weighted by molar-refractivity contribution is -0.140. The number of amides is 2. The van der Waals surface area contributed by atoms with Gasteiger partial charge in [-0.15, -0.1) is 0 Å². The summed E-state index contributed by atoms with van der Waals surface area (Å²) in [5, 5.41) is 3.74. The number of anilines is 1. The number of hydrogen-bond donors (Lipinski definition) is 1. The van der Waals surface area contributed by atoms with Crippen LogP contribution in [0.2, 0.25) is 5.02 Å². The maximum atomic E-state index is 14.3. The first-order valence-electron chi connectivity index (χ1n) is 15.0. The first-order chi connectivity index (χ1) is 20.5. The third-order valence-electron chi connectivity index (χ3n) is 8.27. The molecular formula is C34H42ClN3O4S. The molecule has 0 unspecified atom stereocenters. The van der Waals surface area contributed by atoms with Crippen LogP contribution in [0, 0.1) is 20.8 Å². The molecule has 3 aromatic carbocycles. The lowest BCUT2D eigenvalue weighted by Gasteiger charge is -2.34. The number of sulfonamides is 1. The Morgan fingerprint density at radius 2 is 1.56 bits per heavy atom. The van der Waals surface area contributed by atoms with Crippen LogP contribution < -0.4 is 9.62 Å². The third kappa shape index (κ3) is 8.18. The summed E-state index contributed by atoms with van der Waals surface area (Å²) in [6.07, 6.45) is 5.51. The molecule has 0 saturated heterocycles. The van der Waals surface area contributed by atoms with Gasteiger partial charge in [-0.25, -0.2) is 8.42 Å². The monoisotopic (exact) mass is 623 g/mol. The van der Waals surface area contributed by atoms with E-state index in [1.807, 2.05) is 45.9 Å². The summed E-state index contributed by atoms with van der Waals surface area (Å²) in [4.78, 5) is 29.6.